The predicted molar refractivity (Wildman–Crippen MR) is 284 cm³/mol. The standard InChI is InChI=1S/C60H108O6/c1-4-7-10-13-16-19-22-25-27-28-29-30-31-32-34-35-38-41-44-47-50-53-59(62)65-56-57(55-64-58(61)52-49-46-43-40-37-24-21-18-15-12-9-6-3)66-60(63)54-51-48-45-42-39-36-33-26-23-20-17-14-11-8-5-2/h8,11,17,20,26,33,39,42,57H,4-7,9-10,12-16,18-19,21-25,27-32,34-38,40-41,43-56H2,1-3H3/b11-8-,20-17-,33-26-,42-39-. The number of carbonyl (C=O) groups is 3. The molecule has 6 heteroatoms. The van der Waals surface area contributed by atoms with Crippen LogP contribution >= 0.6 is 0 Å². The van der Waals surface area contributed by atoms with Gasteiger partial charge in [0.05, 0.1) is 0 Å². The molecule has 1 atom stereocenters. The number of esters is 3. The molecule has 6 nitrogen and oxygen atoms in total. The molecule has 0 aliphatic heterocycles. The van der Waals surface area contributed by atoms with Crippen LogP contribution in [0, 0.1) is 0 Å². The van der Waals surface area contributed by atoms with Gasteiger partial charge in [0.25, 0.3) is 0 Å². The second kappa shape index (κ2) is 55.0. The number of hydrogen-bond acceptors (Lipinski definition) is 6. The molecule has 0 aliphatic carbocycles. The molecule has 0 aromatic carbocycles. The maximum atomic E-state index is 12.8. The number of unbranched alkanes of at least 4 members (excludes halogenated alkanes) is 33. The van der Waals surface area contributed by atoms with Crippen LogP contribution in [0.15, 0.2) is 48.6 Å². The van der Waals surface area contributed by atoms with Crippen LogP contribution in [0.5, 0.6) is 0 Å². The zero-order valence-electron chi connectivity index (χ0n) is 44.0. The lowest BCUT2D eigenvalue weighted by Gasteiger charge is -2.18. The zero-order valence-corrected chi connectivity index (χ0v) is 44.0. The van der Waals surface area contributed by atoms with E-state index < -0.39 is 6.10 Å². The summed E-state index contributed by atoms with van der Waals surface area (Å²) < 4.78 is 16.8. The van der Waals surface area contributed by atoms with Gasteiger partial charge in [-0.15, -0.1) is 0 Å². The normalized spacial score (nSPS) is 12.3. The van der Waals surface area contributed by atoms with Crippen molar-refractivity contribution in [2.24, 2.45) is 0 Å². The molecule has 1 unspecified atom stereocenters. The third-order valence-corrected chi connectivity index (χ3v) is 12.6. The Morgan fingerprint density at radius 2 is 0.591 bits per heavy atom. The van der Waals surface area contributed by atoms with Gasteiger partial charge in [0.1, 0.15) is 13.2 Å². The lowest BCUT2D eigenvalue weighted by Crippen LogP contribution is -2.30. The molecule has 0 N–H and O–H groups in total. The topological polar surface area (TPSA) is 78.9 Å². The van der Waals surface area contributed by atoms with Crippen molar-refractivity contribution in [2.75, 3.05) is 13.2 Å². The molecule has 0 aliphatic rings. The number of rotatable bonds is 52. The first-order valence-electron chi connectivity index (χ1n) is 28.6. The van der Waals surface area contributed by atoms with Gasteiger partial charge in [0, 0.05) is 19.3 Å². The molecule has 0 radical (unpaired) electrons. The average molecular weight is 926 g/mol. The van der Waals surface area contributed by atoms with Gasteiger partial charge in [-0.2, -0.15) is 0 Å². The first kappa shape index (κ1) is 63.4. The van der Waals surface area contributed by atoms with E-state index in [4.69, 9.17) is 14.2 Å². The van der Waals surface area contributed by atoms with E-state index in [0.29, 0.717) is 19.3 Å². The molecule has 0 heterocycles. The van der Waals surface area contributed by atoms with Crippen molar-refractivity contribution in [1.82, 2.24) is 0 Å². The third kappa shape index (κ3) is 52.3. The number of ether oxygens (including phenoxy) is 3. The summed E-state index contributed by atoms with van der Waals surface area (Å²) in [5.74, 6) is -0.913. The Kier molecular flexibility index (Phi) is 52.8. The first-order valence-corrected chi connectivity index (χ1v) is 28.6. The smallest absolute Gasteiger partial charge is 0.306 e. The summed E-state index contributed by atoms with van der Waals surface area (Å²) in [6.07, 6.45) is 66.8. The van der Waals surface area contributed by atoms with Crippen LogP contribution in [0.1, 0.15) is 297 Å². The number of carbonyl (C=O) groups excluding carboxylic acids is 3. The van der Waals surface area contributed by atoms with Gasteiger partial charge in [-0.3, -0.25) is 14.4 Å². The Morgan fingerprint density at radius 3 is 0.924 bits per heavy atom. The van der Waals surface area contributed by atoms with E-state index in [1.165, 1.54) is 173 Å². The second-order valence-electron chi connectivity index (χ2n) is 19.2. The summed E-state index contributed by atoms with van der Waals surface area (Å²) in [5, 5.41) is 0. The van der Waals surface area contributed by atoms with Crippen LogP contribution in [0.4, 0.5) is 0 Å². The molecule has 66 heavy (non-hydrogen) atoms. The highest BCUT2D eigenvalue weighted by Gasteiger charge is 2.19. The average Bonchev–Trinajstić information content (AvgIpc) is 3.31. The molecule has 0 saturated carbocycles. The van der Waals surface area contributed by atoms with Crippen LogP contribution in [-0.4, -0.2) is 37.2 Å². The van der Waals surface area contributed by atoms with E-state index in [1.54, 1.807) is 0 Å². The predicted octanol–water partition coefficient (Wildman–Crippen LogP) is 19.0. The fourth-order valence-corrected chi connectivity index (χ4v) is 8.32. The summed E-state index contributed by atoms with van der Waals surface area (Å²) in [6, 6.07) is 0. The Labute approximate surface area is 409 Å². The minimum Gasteiger partial charge on any atom is -0.462 e. The van der Waals surface area contributed by atoms with Crippen LogP contribution in [0.25, 0.3) is 0 Å². The van der Waals surface area contributed by atoms with E-state index in [9.17, 15) is 14.4 Å². The van der Waals surface area contributed by atoms with E-state index >= 15 is 0 Å². The molecule has 0 aromatic heterocycles. The van der Waals surface area contributed by atoms with Gasteiger partial charge in [-0.05, 0) is 57.8 Å². The number of hydrogen-bond donors (Lipinski definition) is 0. The van der Waals surface area contributed by atoms with Crippen molar-refractivity contribution in [1.29, 1.82) is 0 Å². The van der Waals surface area contributed by atoms with Gasteiger partial charge in [0.15, 0.2) is 6.10 Å². The SMILES string of the molecule is CC/C=C\C/C=C\C/C=C\C/C=C\CCCCC(=O)OC(COC(=O)CCCCCCCCCCCCCC)COC(=O)CCCCCCCCCCCCCCCCCCCCCCC. The van der Waals surface area contributed by atoms with E-state index in [-0.39, 0.29) is 37.5 Å². The Balaban J connectivity index is 4.32. The molecular weight excluding hydrogens is 817 g/mol. The van der Waals surface area contributed by atoms with Gasteiger partial charge in [0.2, 0.25) is 0 Å². The van der Waals surface area contributed by atoms with Gasteiger partial charge in [-0.25, -0.2) is 0 Å². The minimum atomic E-state index is -0.790. The summed E-state index contributed by atoms with van der Waals surface area (Å²) in [5.41, 5.74) is 0. The first-order chi connectivity index (χ1) is 32.5. The number of allylic oxidation sites excluding steroid dienone is 8. The van der Waals surface area contributed by atoms with E-state index in [1.807, 2.05) is 0 Å². The van der Waals surface area contributed by atoms with E-state index in [2.05, 4.69) is 69.4 Å². The summed E-state index contributed by atoms with van der Waals surface area (Å²) in [7, 11) is 0. The molecule has 0 rings (SSSR count). The molecule has 0 aromatic rings. The fourth-order valence-electron chi connectivity index (χ4n) is 8.32. The molecule has 0 spiro atoms. The van der Waals surface area contributed by atoms with Crippen molar-refractivity contribution in [3.8, 4) is 0 Å². The van der Waals surface area contributed by atoms with Gasteiger partial charge in [-0.1, -0.05) is 268 Å². The largest absolute Gasteiger partial charge is 0.462 e. The monoisotopic (exact) mass is 925 g/mol. The fraction of sp³-hybridized carbons (Fsp3) is 0.817. The van der Waals surface area contributed by atoms with Crippen LogP contribution in [0.2, 0.25) is 0 Å². The highest BCUT2D eigenvalue weighted by molar-refractivity contribution is 5.71. The lowest BCUT2D eigenvalue weighted by molar-refractivity contribution is -0.167. The van der Waals surface area contributed by atoms with E-state index in [0.717, 1.165) is 77.0 Å². The summed E-state index contributed by atoms with van der Waals surface area (Å²) in [4.78, 5) is 38.1. The molecule has 0 fully saturated rings. The lowest BCUT2D eigenvalue weighted by atomic mass is 10.0. The van der Waals surface area contributed by atoms with Gasteiger partial charge < -0.3 is 14.2 Å². The molecule has 384 valence electrons. The summed E-state index contributed by atoms with van der Waals surface area (Å²) in [6.45, 7) is 6.52. The minimum absolute atomic E-state index is 0.0857. The maximum Gasteiger partial charge on any atom is 0.306 e. The van der Waals surface area contributed by atoms with Crippen molar-refractivity contribution < 1.29 is 28.6 Å². The van der Waals surface area contributed by atoms with Gasteiger partial charge >= 0.3 is 17.9 Å². The van der Waals surface area contributed by atoms with Crippen LogP contribution < -0.4 is 0 Å². The van der Waals surface area contributed by atoms with Crippen molar-refractivity contribution in [2.45, 2.75) is 303 Å². The van der Waals surface area contributed by atoms with Crippen molar-refractivity contribution in [3.05, 3.63) is 48.6 Å². The van der Waals surface area contributed by atoms with Crippen LogP contribution in [-0.2, 0) is 28.6 Å². The van der Waals surface area contributed by atoms with Crippen molar-refractivity contribution >= 4 is 17.9 Å². The Hall–Kier alpha value is -2.63. The highest BCUT2D eigenvalue weighted by Crippen LogP contribution is 2.17. The zero-order chi connectivity index (χ0) is 47.9. The van der Waals surface area contributed by atoms with Crippen molar-refractivity contribution in [3.63, 3.8) is 0 Å². The molecule has 0 amide bonds. The molecule has 0 saturated heterocycles. The maximum absolute atomic E-state index is 12.8. The second-order valence-corrected chi connectivity index (χ2v) is 19.2. The Morgan fingerprint density at radius 1 is 0.318 bits per heavy atom. The Bertz CT molecular complexity index is 1150. The highest BCUT2D eigenvalue weighted by atomic mass is 16.6. The summed E-state index contributed by atoms with van der Waals surface area (Å²) >= 11 is 0. The quantitative estimate of drug-likeness (QED) is 0.0262. The molecule has 0 bridgehead atoms. The molecular formula is C60H108O6. The van der Waals surface area contributed by atoms with Crippen LogP contribution in [0.3, 0.4) is 0 Å². The third-order valence-electron chi connectivity index (χ3n) is 12.6.